The molecular weight excluding hydrogens is 336 g/mol. The normalized spacial score (nSPS) is 39.7. The Bertz CT molecular complexity index is 505. The lowest BCUT2D eigenvalue weighted by atomic mass is 9.55. The molecule has 1 aliphatic heterocycles. The van der Waals surface area contributed by atoms with Crippen LogP contribution in [0, 0.1) is 11.3 Å². The molecule has 2 aliphatic carbocycles. The van der Waals surface area contributed by atoms with Crippen LogP contribution < -0.4 is 0 Å². The summed E-state index contributed by atoms with van der Waals surface area (Å²) in [5.74, 6) is 0.733. The monoisotopic (exact) mass is 380 g/mol. The molecule has 0 aromatic heterocycles. The molecule has 0 radical (unpaired) electrons. The van der Waals surface area contributed by atoms with E-state index in [0.717, 1.165) is 12.3 Å². The summed E-state index contributed by atoms with van der Waals surface area (Å²) in [5.41, 5.74) is 2.44. The zero-order valence-electron chi connectivity index (χ0n) is 18.9. The van der Waals surface area contributed by atoms with Crippen molar-refractivity contribution in [2.45, 2.75) is 135 Å². The highest BCUT2D eigenvalue weighted by atomic mass is 28.4. The highest BCUT2D eigenvalue weighted by molar-refractivity contribution is 6.77. The van der Waals surface area contributed by atoms with E-state index in [2.05, 4.69) is 62.3 Å². The fourth-order valence-corrected chi connectivity index (χ4v) is 12.9. The molecule has 3 aliphatic rings. The fraction of sp³-hybridized carbons (Fsp3) is 1.00. The van der Waals surface area contributed by atoms with Crippen LogP contribution in [-0.4, -0.2) is 25.6 Å². The van der Waals surface area contributed by atoms with Gasteiger partial charge in [0.15, 0.2) is 0 Å². The van der Waals surface area contributed by atoms with Crippen LogP contribution >= 0.6 is 0 Å². The van der Waals surface area contributed by atoms with Crippen LogP contribution in [0.1, 0.15) is 101 Å². The topological polar surface area (TPSA) is 18.5 Å². The molecule has 2 nitrogen and oxygen atoms in total. The largest absolute Gasteiger partial charge is 0.413 e. The smallest absolute Gasteiger partial charge is 0.200 e. The second-order valence-corrected chi connectivity index (χ2v) is 16.9. The van der Waals surface area contributed by atoms with Crippen molar-refractivity contribution in [2.75, 3.05) is 0 Å². The van der Waals surface area contributed by atoms with Gasteiger partial charge in [-0.3, -0.25) is 0 Å². The van der Waals surface area contributed by atoms with E-state index >= 15 is 0 Å². The molecule has 0 N–H and O–H groups in total. The molecule has 1 saturated heterocycles. The van der Waals surface area contributed by atoms with Crippen LogP contribution in [0.25, 0.3) is 0 Å². The van der Waals surface area contributed by atoms with Crippen LogP contribution in [0.4, 0.5) is 0 Å². The summed E-state index contributed by atoms with van der Waals surface area (Å²) in [5, 5.41) is 0. The molecule has 0 aromatic carbocycles. The average molecular weight is 381 g/mol. The van der Waals surface area contributed by atoms with Gasteiger partial charge in [0.05, 0.1) is 11.2 Å². The fourth-order valence-electron chi connectivity index (χ4n) is 7.28. The molecule has 3 rings (SSSR count). The molecule has 2 bridgehead atoms. The second-order valence-electron chi connectivity index (χ2n) is 11.5. The maximum absolute atomic E-state index is 7.23. The molecule has 0 aromatic rings. The summed E-state index contributed by atoms with van der Waals surface area (Å²) in [6.45, 7) is 21.6. The Balaban J connectivity index is 1.86. The number of ether oxygens (including phenoxy) is 1. The van der Waals surface area contributed by atoms with Crippen molar-refractivity contribution in [1.82, 2.24) is 0 Å². The summed E-state index contributed by atoms with van der Waals surface area (Å²) >= 11 is 0. The van der Waals surface area contributed by atoms with E-state index in [1.807, 2.05) is 0 Å². The maximum atomic E-state index is 7.23. The minimum Gasteiger partial charge on any atom is -0.413 e. The Labute approximate surface area is 163 Å². The lowest BCUT2D eigenvalue weighted by Gasteiger charge is -2.55. The minimum absolute atomic E-state index is 0.0440. The van der Waals surface area contributed by atoms with Gasteiger partial charge in [-0.05, 0) is 73.9 Å². The Morgan fingerprint density at radius 3 is 1.92 bits per heavy atom. The molecule has 2 saturated carbocycles. The molecule has 4 atom stereocenters. The van der Waals surface area contributed by atoms with Gasteiger partial charge in [-0.2, -0.15) is 0 Å². The summed E-state index contributed by atoms with van der Waals surface area (Å²) < 4.78 is 14.2. The first-order valence-electron chi connectivity index (χ1n) is 11.3. The first kappa shape index (κ1) is 20.9. The molecule has 3 fully saturated rings. The first-order valence-corrected chi connectivity index (χ1v) is 13.4. The van der Waals surface area contributed by atoms with Gasteiger partial charge < -0.3 is 9.16 Å². The van der Waals surface area contributed by atoms with Gasteiger partial charge >= 0.3 is 0 Å². The van der Waals surface area contributed by atoms with Crippen LogP contribution in [0.2, 0.25) is 16.6 Å². The molecule has 0 unspecified atom stereocenters. The maximum Gasteiger partial charge on any atom is 0.200 e. The number of fused-ring (bicyclic) bond motifs is 1. The van der Waals surface area contributed by atoms with Gasteiger partial charge in [0.25, 0.3) is 0 Å². The molecule has 1 heterocycles. The number of hydrogen-bond donors (Lipinski definition) is 0. The van der Waals surface area contributed by atoms with E-state index in [-0.39, 0.29) is 11.2 Å². The van der Waals surface area contributed by atoms with E-state index in [1.54, 1.807) is 0 Å². The summed E-state index contributed by atoms with van der Waals surface area (Å²) in [6.07, 6.45) is 7.98. The molecule has 152 valence electrons. The van der Waals surface area contributed by atoms with Gasteiger partial charge in [-0.1, -0.05) is 48.5 Å². The second kappa shape index (κ2) is 6.59. The Morgan fingerprint density at radius 2 is 1.38 bits per heavy atom. The lowest BCUT2D eigenvalue weighted by molar-refractivity contribution is -0.184. The van der Waals surface area contributed by atoms with Crippen molar-refractivity contribution in [1.29, 1.82) is 0 Å². The van der Waals surface area contributed by atoms with Gasteiger partial charge in [0.1, 0.15) is 0 Å². The zero-order chi connectivity index (χ0) is 19.5. The third kappa shape index (κ3) is 2.95. The first-order chi connectivity index (χ1) is 11.9. The van der Waals surface area contributed by atoms with Crippen LogP contribution in [-0.2, 0) is 9.16 Å². The highest BCUT2D eigenvalue weighted by Crippen LogP contribution is 2.64. The third-order valence-electron chi connectivity index (χ3n) is 8.82. The summed E-state index contributed by atoms with van der Waals surface area (Å²) in [7, 11) is -1.82. The van der Waals surface area contributed by atoms with E-state index in [1.165, 1.54) is 32.1 Å². The Morgan fingerprint density at radius 1 is 0.846 bits per heavy atom. The van der Waals surface area contributed by atoms with Crippen LogP contribution in [0.3, 0.4) is 0 Å². The standard InChI is InChI=1S/C23H44O2Si/c1-16(2)26(17(3)4,18(5)6)24-20-11-13-22(9)12-10-19-14-23(22,15-20)25-21(19,7)8/h16-20H,10-15H2,1-9H3/t19-,20-,22+,23-/m0/s1. The number of hydrogen-bond acceptors (Lipinski definition) is 2. The van der Waals surface area contributed by atoms with Gasteiger partial charge in [0.2, 0.25) is 8.32 Å². The average Bonchev–Trinajstić information content (AvgIpc) is 2.72. The Hall–Kier alpha value is 0.137. The lowest BCUT2D eigenvalue weighted by Crippen LogP contribution is -2.57. The van der Waals surface area contributed by atoms with E-state index in [0.29, 0.717) is 28.1 Å². The van der Waals surface area contributed by atoms with E-state index < -0.39 is 8.32 Å². The molecule has 26 heavy (non-hydrogen) atoms. The summed E-state index contributed by atoms with van der Waals surface area (Å²) in [6, 6.07) is 0. The van der Waals surface area contributed by atoms with Crippen LogP contribution in [0.15, 0.2) is 0 Å². The Kier molecular flexibility index (Phi) is 5.29. The van der Waals surface area contributed by atoms with E-state index in [9.17, 15) is 0 Å². The van der Waals surface area contributed by atoms with Crippen molar-refractivity contribution in [3.05, 3.63) is 0 Å². The molecule has 1 spiro atoms. The minimum atomic E-state index is -1.82. The predicted octanol–water partition coefficient (Wildman–Crippen LogP) is 7.09. The van der Waals surface area contributed by atoms with Gasteiger partial charge in [-0.15, -0.1) is 0 Å². The van der Waals surface area contributed by atoms with Crippen molar-refractivity contribution in [3.8, 4) is 0 Å². The van der Waals surface area contributed by atoms with Gasteiger partial charge in [-0.25, -0.2) is 0 Å². The van der Waals surface area contributed by atoms with Crippen molar-refractivity contribution >= 4 is 8.32 Å². The highest BCUT2D eigenvalue weighted by Gasteiger charge is 2.64. The zero-order valence-corrected chi connectivity index (χ0v) is 19.9. The number of rotatable bonds is 5. The predicted molar refractivity (Wildman–Crippen MR) is 113 cm³/mol. The van der Waals surface area contributed by atoms with Crippen LogP contribution in [0.5, 0.6) is 0 Å². The molecule has 0 amide bonds. The van der Waals surface area contributed by atoms with Crippen molar-refractivity contribution < 1.29 is 9.16 Å². The molecule has 3 heteroatoms. The van der Waals surface area contributed by atoms with Crippen molar-refractivity contribution in [3.63, 3.8) is 0 Å². The van der Waals surface area contributed by atoms with E-state index in [4.69, 9.17) is 9.16 Å². The van der Waals surface area contributed by atoms with Crippen molar-refractivity contribution in [2.24, 2.45) is 11.3 Å². The van der Waals surface area contributed by atoms with Gasteiger partial charge in [0, 0.05) is 12.5 Å². The summed E-state index contributed by atoms with van der Waals surface area (Å²) in [4.78, 5) is 0. The quantitative estimate of drug-likeness (QED) is 0.474. The SMILES string of the molecule is CC(C)[Si](O[C@H]1CC[C@@]2(C)CC[C@H]3C[C@@]2(C1)OC3(C)C)(C(C)C)C(C)C. The third-order valence-corrected chi connectivity index (χ3v) is 15.0. The molecular formula is C23H44O2Si.